The molecule has 0 bridgehead atoms. The Kier molecular flexibility index (Phi) is 5.80. The molecule has 1 saturated heterocycles. The summed E-state index contributed by atoms with van der Waals surface area (Å²) < 4.78 is 5.32. The van der Waals surface area contributed by atoms with Gasteiger partial charge in [-0.3, -0.25) is 0 Å². The topological polar surface area (TPSA) is 51.1 Å². The number of piperidine rings is 1. The fraction of sp³-hybridized carbons (Fsp3) is 0.500. The average molecular weight is 325 g/mol. The smallest absolute Gasteiger partial charge is 0.372 e. The summed E-state index contributed by atoms with van der Waals surface area (Å²) >= 11 is 5.78. The van der Waals surface area contributed by atoms with E-state index in [9.17, 15) is 4.79 Å². The lowest BCUT2D eigenvalue weighted by atomic mass is 9.93. The zero-order chi connectivity index (χ0) is 16.1. The van der Waals surface area contributed by atoms with E-state index in [2.05, 4.69) is 31.0 Å². The first-order valence-corrected chi connectivity index (χ1v) is 7.68. The number of carbonyl (C=O) groups is 1. The van der Waals surface area contributed by atoms with E-state index in [0.29, 0.717) is 16.8 Å². The van der Waals surface area contributed by atoms with Crippen LogP contribution in [0.4, 0.5) is 0 Å². The molecule has 2 atom stereocenters. The van der Waals surface area contributed by atoms with Gasteiger partial charge in [0.1, 0.15) is 5.75 Å². The van der Waals surface area contributed by atoms with Gasteiger partial charge in [-0.05, 0) is 38.2 Å². The molecule has 0 spiro atoms. The van der Waals surface area contributed by atoms with Crippen molar-refractivity contribution in [1.82, 2.24) is 4.90 Å². The van der Waals surface area contributed by atoms with Gasteiger partial charge in [-0.15, -0.1) is 0 Å². The van der Waals surface area contributed by atoms with Crippen LogP contribution in [-0.2, 0) is 9.63 Å². The van der Waals surface area contributed by atoms with Crippen LogP contribution < -0.4 is 4.74 Å². The third-order valence-electron chi connectivity index (χ3n) is 3.82. The minimum Gasteiger partial charge on any atom is -0.482 e. The van der Waals surface area contributed by atoms with Gasteiger partial charge >= 0.3 is 5.97 Å². The maximum Gasteiger partial charge on any atom is 0.372 e. The summed E-state index contributed by atoms with van der Waals surface area (Å²) in [5.41, 5.74) is 0.922. The standard InChI is InChI=1S/C16H21ClN2O3/c1-11-9-19(3)12(2)8-15(11)18-22-16(20)10-21-14-6-4-13(17)5-7-14/h4-7,11-12H,8-10H2,1-3H3. The lowest BCUT2D eigenvalue weighted by molar-refractivity contribution is -0.146. The molecular formula is C16H21ClN2O3. The molecule has 2 unspecified atom stereocenters. The Labute approximate surface area is 135 Å². The van der Waals surface area contributed by atoms with Gasteiger partial charge in [-0.2, -0.15) is 0 Å². The van der Waals surface area contributed by atoms with Crippen LogP contribution in [0.25, 0.3) is 0 Å². The van der Waals surface area contributed by atoms with Crippen LogP contribution in [0.3, 0.4) is 0 Å². The van der Waals surface area contributed by atoms with Gasteiger partial charge in [0.15, 0.2) is 6.61 Å². The Hall–Kier alpha value is -1.59. The predicted molar refractivity (Wildman–Crippen MR) is 86.3 cm³/mol. The van der Waals surface area contributed by atoms with Crippen molar-refractivity contribution in [2.45, 2.75) is 26.3 Å². The summed E-state index contributed by atoms with van der Waals surface area (Å²) in [5.74, 6) is 0.336. The predicted octanol–water partition coefficient (Wildman–Crippen LogP) is 2.98. The van der Waals surface area contributed by atoms with Crippen molar-refractivity contribution in [3.63, 3.8) is 0 Å². The number of carbonyl (C=O) groups excluding carboxylic acids is 1. The van der Waals surface area contributed by atoms with Crippen molar-refractivity contribution in [2.75, 3.05) is 20.2 Å². The van der Waals surface area contributed by atoms with Crippen LogP contribution >= 0.6 is 11.6 Å². The average Bonchev–Trinajstić information content (AvgIpc) is 2.49. The summed E-state index contributed by atoms with van der Waals surface area (Å²) in [6, 6.07) is 7.19. The molecule has 120 valence electrons. The molecule has 0 aliphatic carbocycles. The molecule has 5 nitrogen and oxygen atoms in total. The van der Waals surface area contributed by atoms with Gasteiger partial charge in [0.05, 0.1) is 5.71 Å². The molecule has 0 N–H and O–H groups in total. The molecule has 1 aliphatic rings. The van der Waals surface area contributed by atoms with Gasteiger partial charge in [0.25, 0.3) is 0 Å². The van der Waals surface area contributed by atoms with E-state index in [4.69, 9.17) is 21.2 Å². The highest BCUT2D eigenvalue weighted by atomic mass is 35.5. The molecule has 0 amide bonds. The van der Waals surface area contributed by atoms with Crippen LogP contribution in [-0.4, -0.2) is 42.8 Å². The monoisotopic (exact) mass is 324 g/mol. The Morgan fingerprint density at radius 1 is 1.36 bits per heavy atom. The normalized spacial score (nSPS) is 24.3. The molecule has 0 aromatic heterocycles. The van der Waals surface area contributed by atoms with Crippen LogP contribution in [0, 0.1) is 5.92 Å². The van der Waals surface area contributed by atoms with Crippen molar-refractivity contribution in [3.05, 3.63) is 29.3 Å². The lowest BCUT2D eigenvalue weighted by Gasteiger charge is -2.34. The van der Waals surface area contributed by atoms with E-state index in [1.807, 2.05) is 0 Å². The van der Waals surface area contributed by atoms with E-state index < -0.39 is 5.97 Å². The number of ether oxygens (including phenoxy) is 1. The Bertz CT molecular complexity index is 545. The highest BCUT2D eigenvalue weighted by molar-refractivity contribution is 6.30. The molecule has 1 fully saturated rings. The minimum absolute atomic E-state index is 0.178. The quantitative estimate of drug-likeness (QED) is 0.631. The summed E-state index contributed by atoms with van der Waals surface area (Å²) in [5, 5.41) is 4.63. The second kappa shape index (κ2) is 7.61. The number of hydrogen-bond donors (Lipinski definition) is 0. The van der Waals surface area contributed by atoms with Crippen LogP contribution in [0.15, 0.2) is 29.4 Å². The first-order valence-electron chi connectivity index (χ1n) is 7.31. The number of oxime groups is 1. The lowest BCUT2D eigenvalue weighted by Crippen LogP contribution is -2.43. The van der Waals surface area contributed by atoms with Crippen molar-refractivity contribution >= 4 is 23.3 Å². The molecule has 2 rings (SSSR count). The Balaban J connectivity index is 1.81. The molecule has 6 heteroatoms. The fourth-order valence-corrected chi connectivity index (χ4v) is 2.44. The van der Waals surface area contributed by atoms with Crippen molar-refractivity contribution < 1.29 is 14.4 Å². The minimum atomic E-state index is -0.513. The molecule has 1 aromatic carbocycles. The van der Waals surface area contributed by atoms with Crippen LogP contribution in [0.1, 0.15) is 20.3 Å². The Morgan fingerprint density at radius 3 is 2.73 bits per heavy atom. The van der Waals surface area contributed by atoms with E-state index in [-0.39, 0.29) is 12.5 Å². The Morgan fingerprint density at radius 2 is 2.05 bits per heavy atom. The summed E-state index contributed by atoms with van der Waals surface area (Å²) in [6.07, 6.45) is 0.809. The molecule has 0 radical (unpaired) electrons. The van der Waals surface area contributed by atoms with Gasteiger partial charge in [0, 0.05) is 29.9 Å². The first-order chi connectivity index (χ1) is 10.5. The highest BCUT2D eigenvalue weighted by Crippen LogP contribution is 2.18. The van der Waals surface area contributed by atoms with Gasteiger partial charge in [0.2, 0.25) is 0 Å². The highest BCUT2D eigenvalue weighted by Gasteiger charge is 2.26. The SMILES string of the molecule is CC1CN(C)C(C)CC1=NOC(=O)COc1ccc(Cl)cc1. The summed E-state index contributed by atoms with van der Waals surface area (Å²) in [6.45, 7) is 4.95. The molecule has 1 aliphatic heterocycles. The number of rotatable bonds is 4. The maximum atomic E-state index is 11.7. The van der Waals surface area contributed by atoms with Crippen LogP contribution in [0.5, 0.6) is 5.75 Å². The van der Waals surface area contributed by atoms with Gasteiger partial charge in [-0.25, -0.2) is 4.79 Å². The maximum absolute atomic E-state index is 11.7. The molecular weight excluding hydrogens is 304 g/mol. The van der Waals surface area contributed by atoms with E-state index in [1.165, 1.54) is 0 Å². The van der Waals surface area contributed by atoms with Gasteiger partial charge in [-0.1, -0.05) is 23.7 Å². The summed E-state index contributed by atoms with van der Waals surface area (Å²) in [7, 11) is 2.09. The molecule has 22 heavy (non-hydrogen) atoms. The zero-order valence-electron chi connectivity index (χ0n) is 13.1. The third-order valence-corrected chi connectivity index (χ3v) is 4.07. The van der Waals surface area contributed by atoms with E-state index in [1.54, 1.807) is 24.3 Å². The number of benzene rings is 1. The number of hydrogen-bond acceptors (Lipinski definition) is 5. The van der Waals surface area contributed by atoms with Crippen molar-refractivity contribution in [1.29, 1.82) is 0 Å². The largest absolute Gasteiger partial charge is 0.482 e. The van der Waals surface area contributed by atoms with Crippen LogP contribution in [0.2, 0.25) is 5.02 Å². The molecule has 1 aromatic rings. The molecule has 1 heterocycles. The van der Waals surface area contributed by atoms with Crippen molar-refractivity contribution in [3.8, 4) is 5.75 Å². The summed E-state index contributed by atoms with van der Waals surface area (Å²) in [4.78, 5) is 18.9. The number of halogens is 1. The van der Waals surface area contributed by atoms with Gasteiger partial charge < -0.3 is 14.5 Å². The second-order valence-electron chi connectivity index (χ2n) is 5.68. The van der Waals surface area contributed by atoms with E-state index in [0.717, 1.165) is 18.7 Å². The molecule has 0 saturated carbocycles. The number of likely N-dealkylation sites (tertiary alicyclic amines) is 1. The fourth-order valence-electron chi connectivity index (χ4n) is 2.31. The van der Waals surface area contributed by atoms with Crippen molar-refractivity contribution in [2.24, 2.45) is 11.1 Å². The zero-order valence-corrected chi connectivity index (χ0v) is 13.8. The first kappa shape index (κ1) is 16.8. The van der Waals surface area contributed by atoms with E-state index >= 15 is 0 Å². The number of nitrogens with zero attached hydrogens (tertiary/aromatic N) is 2. The third kappa shape index (κ3) is 4.71. The second-order valence-corrected chi connectivity index (χ2v) is 6.12.